The predicted octanol–water partition coefficient (Wildman–Crippen LogP) is 1.94. The zero-order chi connectivity index (χ0) is 21.3. The van der Waals surface area contributed by atoms with E-state index < -0.39 is 6.10 Å². The van der Waals surface area contributed by atoms with Crippen molar-refractivity contribution in [2.75, 3.05) is 19.6 Å². The number of carbonyl (C=O) groups excluding carboxylic acids is 1. The Morgan fingerprint density at radius 3 is 2.77 bits per heavy atom. The van der Waals surface area contributed by atoms with Gasteiger partial charge in [-0.05, 0) is 25.0 Å². The summed E-state index contributed by atoms with van der Waals surface area (Å²) in [4.78, 5) is 34.0. The molecule has 8 heteroatoms. The largest absolute Gasteiger partial charge is 0.392 e. The summed E-state index contributed by atoms with van der Waals surface area (Å²) in [6.07, 6.45) is 0.0701. The van der Waals surface area contributed by atoms with Gasteiger partial charge in [0.2, 0.25) is 0 Å². The number of hydrogen-bond donors (Lipinski definition) is 2. The lowest BCUT2D eigenvalue weighted by Crippen LogP contribution is -2.30. The highest BCUT2D eigenvalue weighted by Crippen LogP contribution is 2.28. The Bertz CT molecular complexity index is 1120. The molecule has 0 radical (unpaired) electrons. The quantitative estimate of drug-likeness (QED) is 0.651. The molecule has 1 atom stereocenters. The van der Waals surface area contributed by atoms with Crippen molar-refractivity contribution >= 4 is 27.5 Å². The first-order chi connectivity index (χ1) is 14.4. The lowest BCUT2D eigenvalue weighted by molar-refractivity contribution is 0.0927. The van der Waals surface area contributed by atoms with Crippen LogP contribution in [0, 0.1) is 6.92 Å². The molecule has 0 aliphatic carbocycles. The van der Waals surface area contributed by atoms with Gasteiger partial charge in [-0.25, -0.2) is 4.98 Å². The SMILES string of the molecule is Cc1c(C(=O)NCC(C)O)sc2nc3n(c(=O)c12)CCN(Cc1ccccc1)CC3. The fourth-order valence-corrected chi connectivity index (χ4v) is 4.94. The Hall–Kier alpha value is -2.55. The van der Waals surface area contributed by atoms with Gasteiger partial charge in [-0.3, -0.25) is 19.1 Å². The average Bonchev–Trinajstić information content (AvgIpc) is 2.92. The molecule has 158 valence electrons. The minimum atomic E-state index is -0.623. The van der Waals surface area contributed by atoms with Gasteiger partial charge >= 0.3 is 0 Å². The number of nitrogens with one attached hydrogen (secondary N) is 1. The van der Waals surface area contributed by atoms with Crippen LogP contribution in [0.1, 0.15) is 33.5 Å². The van der Waals surface area contributed by atoms with Gasteiger partial charge in [-0.1, -0.05) is 30.3 Å². The van der Waals surface area contributed by atoms with E-state index in [-0.39, 0.29) is 18.0 Å². The zero-order valence-electron chi connectivity index (χ0n) is 17.2. The Morgan fingerprint density at radius 1 is 1.27 bits per heavy atom. The molecular formula is C22H26N4O3S. The number of amides is 1. The molecule has 30 heavy (non-hydrogen) atoms. The highest BCUT2D eigenvalue weighted by atomic mass is 32.1. The van der Waals surface area contributed by atoms with E-state index in [4.69, 9.17) is 4.98 Å². The second kappa shape index (κ2) is 8.67. The van der Waals surface area contributed by atoms with Crippen molar-refractivity contribution in [3.8, 4) is 0 Å². The van der Waals surface area contributed by atoms with Crippen molar-refractivity contribution in [3.63, 3.8) is 0 Å². The third kappa shape index (κ3) is 4.16. The molecule has 7 nitrogen and oxygen atoms in total. The van der Waals surface area contributed by atoms with E-state index in [2.05, 4.69) is 22.3 Å². The summed E-state index contributed by atoms with van der Waals surface area (Å²) in [5.74, 6) is 0.505. The van der Waals surface area contributed by atoms with Crippen molar-refractivity contribution in [1.29, 1.82) is 0 Å². The van der Waals surface area contributed by atoms with E-state index in [9.17, 15) is 14.7 Å². The fourth-order valence-electron chi connectivity index (χ4n) is 3.83. The molecule has 1 aliphatic rings. The third-order valence-corrected chi connectivity index (χ3v) is 6.62. The Labute approximate surface area is 179 Å². The maximum Gasteiger partial charge on any atom is 0.262 e. The van der Waals surface area contributed by atoms with Crippen LogP contribution in [-0.2, 0) is 19.5 Å². The molecule has 1 amide bonds. The molecule has 0 fully saturated rings. The summed E-state index contributed by atoms with van der Waals surface area (Å²) in [5.41, 5.74) is 1.85. The van der Waals surface area contributed by atoms with Crippen LogP contribution in [-0.4, -0.2) is 51.2 Å². The second-order valence-corrected chi connectivity index (χ2v) is 8.79. The highest BCUT2D eigenvalue weighted by molar-refractivity contribution is 7.20. The number of hydrogen-bond acceptors (Lipinski definition) is 6. The van der Waals surface area contributed by atoms with Crippen LogP contribution in [0.25, 0.3) is 10.2 Å². The van der Waals surface area contributed by atoms with E-state index in [0.29, 0.717) is 33.6 Å². The summed E-state index contributed by atoms with van der Waals surface area (Å²) < 4.78 is 1.77. The predicted molar refractivity (Wildman–Crippen MR) is 118 cm³/mol. The summed E-state index contributed by atoms with van der Waals surface area (Å²) in [7, 11) is 0. The molecule has 2 aromatic heterocycles. The topological polar surface area (TPSA) is 87.5 Å². The minimum Gasteiger partial charge on any atom is -0.392 e. The summed E-state index contributed by atoms with van der Waals surface area (Å²) in [6.45, 7) is 6.63. The van der Waals surface area contributed by atoms with E-state index >= 15 is 0 Å². The van der Waals surface area contributed by atoms with Crippen molar-refractivity contribution in [3.05, 3.63) is 62.5 Å². The van der Waals surface area contributed by atoms with Gasteiger partial charge in [0, 0.05) is 39.1 Å². The second-order valence-electron chi connectivity index (χ2n) is 7.79. The number of benzene rings is 1. The monoisotopic (exact) mass is 426 g/mol. The molecule has 3 heterocycles. The Balaban J connectivity index is 1.60. The highest BCUT2D eigenvalue weighted by Gasteiger charge is 2.23. The molecule has 3 aromatic rings. The van der Waals surface area contributed by atoms with Crippen LogP contribution >= 0.6 is 11.3 Å². The van der Waals surface area contributed by atoms with E-state index in [1.165, 1.54) is 16.9 Å². The number of aliphatic hydroxyl groups excluding tert-OH is 1. The first kappa shape index (κ1) is 20.7. The molecule has 1 aromatic carbocycles. The fraction of sp³-hybridized carbons (Fsp3) is 0.409. The van der Waals surface area contributed by atoms with Crippen LogP contribution < -0.4 is 10.9 Å². The zero-order valence-corrected chi connectivity index (χ0v) is 18.0. The molecule has 1 aliphatic heterocycles. The number of thiophene rings is 1. The van der Waals surface area contributed by atoms with Gasteiger partial charge < -0.3 is 10.4 Å². The Morgan fingerprint density at radius 2 is 2.03 bits per heavy atom. The van der Waals surface area contributed by atoms with Gasteiger partial charge in [0.05, 0.1) is 16.4 Å². The lowest BCUT2D eigenvalue weighted by atomic mass is 10.2. The van der Waals surface area contributed by atoms with Crippen LogP contribution in [0.3, 0.4) is 0 Å². The van der Waals surface area contributed by atoms with Crippen molar-refractivity contribution in [1.82, 2.24) is 19.8 Å². The van der Waals surface area contributed by atoms with Crippen molar-refractivity contribution in [2.24, 2.45) is 0 Å². The number of rotatable bonds is 5. The maximum absolute atomic E-state index is 13.3. The van der Waals surface area contributed by atoms with Gasteiger partial charge in [-0.15, -0.1) is 11.3 Å². The number of fused-ring (bicyclic) bond motifs is 2. The smallest absolute Gasteiger partial charge is 0.262 e. The number of aryl methyl sites for hydroxylation is 1. The molecule has 0 spiro atoms. The van der Waals surface area contributed by atoms with Gasteiger partial charge in [0.25, 0.3) is 11.5 Å². The van der Waals surface area contributed by atoms with Gasteiger partial charge in [-0.2, -0.15) is 0 Å². The average molecular weight is 427 g/mol. The molecule has 2 N–H and O–H groups in total. The van der Waals surface area contributed by atoms with Crippen molar-refractivity contribution in [2.45, 2.75) is 39.5 Å². The van der Waals surface area contributed by atoms with Crippen LogP contribution in [0.2, 0.25) is 0 Å². The van der Waals surface area contributed by atoms with Gasteiger partial charge in [0.15, 0.2) is 0 Å². The summed E-state index contributed by atoms with van der Waals surface area (Å²) >= 11 is 1.25. The first-order valence-electron chi connectivity index (χ1n) is 10.2. The normalized spacial score (nSPS) is 15.6. The third-order valence-electron chi connectivity index (χ3n) is 5.43. The molecule has 0 saturated heterocycles. The minimum absolute atomic E-state index is 0.0695. The molecular weight excluding hydrogens is 400 g/mol. The standard InChI is InChI=1S/C22H26N4O3S/c1-14(27)12-23-20(28)19-15(2)18-21(30-19)24-17-8-9-25(10-11-26(17)22(18)29)13-16-6-4-3-5-7-16/h3-7,14,27H,8-13H2,1-2H3,(H,23,28). The number of carbonyl (C=O) groups is 1. The van der Waals surface area contributed by atoms with Crippen LogP contribution in [0.5, 0.6) is 0 Å². The van der Waals surface area contributed by atoms with Crippen molar-refractivity contribution < 1.29 is 9.90 Å². The lowest BCUT2D eigenvalue weighted by Gasteiger charge is -2.19. The summed E-state index contributed by atoms with van der Waals surface area (Å²) in [5, 5.41) is 12.6. The van der Waals surface area contributed by atoms with Crippen LogP contribution in [0.15, 0.2) is 35.1 Å². The number of aromatic nitrogens is 2. The van der Waals surface area contributed by atoms with E-state index in [1.807, 2.05) is 18.2 Å². The van der Waals surface area contributed by atoms with E-state index in [0.717, 1.165) is 25.5 Å². The number of nitrogens with zero attached hydrogens (tertiary/aromatic N) is 3. The van der Waals surface area contributed by atoms with Gasteiger partial charge in [0.1, 0.15) is 10.7 Å². The van der Waals surface area contributed by atoms with E-state index in [1.54, 1.807) is 18.4 Å². The molecule has 0 saturated carbocycles. The van der Waals surface area contributed by atoms with Crippen LogP contribution in [0.4, 0.5) is 0 Å². The maximum atomic E-state index is 13.3. The first-order valence-corrected chi connectivity index (χ1v) is 11.0. The molecule has 0 bridgehead atoms. The number of aliphatic hydroxyl groups is 1. The molecule has 4 rings (SSSR count). The Kier molecular flexibility index (Phi) is 5.99. The summed E-state index contributed by atoms with van der Waals surface area (Å²) in [6, 6.07) is 10.3. The molecule has 1 unspecified atom stereocenters.